The van der Waals surface area contributed by atoms with Crippen molar-refractivity contribution in [3.8, 4) is 5.69 Å². The van der Waals surface area contributed by atoms with Gasteiger partial charge in [0.15, 0.2) is 10.9 Å². The molecule has 0 aliphatic carbocycles. The lowest BCUT2D eigenvalue weighted by Crippen LogP contribution is -2.15. The van der Waals surface area contributed by atoms with Crippen molar-refractivity contribution in [2.45, 2.75) is 10.9 Å². The number of amides is 1. The molecule has 172 valence electrons. The zero-order valence-electron chi connectivity index (χ0n) is 18.6. The zero-order chi connectivity index (χ0) is 23.9. The van der Waals surface area contributed by atoms with Crippen LogP contribution in [-0.4, -0.2) is 30.9 Å². The molecule has 3 aromatic carbocycles. The van der Waals surface area contributed by atoms with E-state index < -0.39 is 0 Å². The third-order valence-corrected chi connectivity index (χ3v) is 5.95. The standard InChI is InChI=1S/C26H21N7OS/c34-25(30-21-14-12-20(13-15-21)29-19-8-3-1-4-9-19)24-23(18-35-26-27-16-7-17-28-26)33(32-31-24)22-10-5-2-6-11-22/h1-17,29H,18H2,(H,30,34). The number of rotatable bonds is 8. The van der Waals surface area contributed by atoms with Crippen LogP contribution in [0.15, 0.2) is 109 Å². The molecule has 0 aliphatic rings. The summed E-state index contributed by atoms with van der Waals surface area (Å²) in [6.07, 6.45) is 3.37. The molecule has 2 heterocycles. The summed E-state index contributed by atoms with van der Waals surface area (Å²) in [5.41, 5.74) is 4.31. The Bertz CT molecular complexity index is 1390. The van der Waals surface area contributed by atoms with Gasteiger partial charge in [0.1, 0.15) is 0 Å². The molecule has 0 atom stereocenters. The van der Waals surface area contributed by atoms with Crippen LogP contribution < -0.4 is 10.6 Å². The Kier molecular flexibility index (Phi) is 6.77. The Labute approximate surface area is 206 Å². The maximum absolute atomic E-state index is 13.2. The number of hydrogen-bond donors (Lipinski definition) is 2. The van der Waals surface area contributed by atoms with E-state index in [9.17, 15) is 4.79 Å². The lowest BCUT2D eigenvalue weighted by Gasteiger charge is -2.09. The highest BCUT2D eigenvalue weighted by molar-refractivity contribution is 7.98. The predicted molar refractivity (Wildman–Crippen MR) is 137 cm³/mol. The fourth-order valence-electron chi connectivity index (χ4n) is 3.39. The summed E-state index contributed by atoms with van der Waals surface area (Å²) in [7, 11) is 0. The Morgan fingerprint density at radius 2 is 1.40 bits per heavy atom. The van der Waals surface area contributed by atoms with E-state index in [4.69, 9.17) is 0 Å². The normalized spacial score (nSPS) is 10.6. The number of hydrogen-bond acceptors (Lipinski definition) is 7. The molecule has 2 aromatic heterocycles. The van der Waals surface area contributed by atoms with Crippen LogP contribution in [0.25, 0.3) is 5.69 Å². The quantitative estimate of drug-likeness (QED) is 0.229. The number of thioether (sulfide) groups is 1. The fraction of sp³-hybridized carbons (Fsp3) is 0.0385. The Morgan fingerprint density at radius 3 is 2.11 bits per heavy atom. The monoisotopic (exact) mass is 479 g/mol. The Hall–Kier alpha value is -4.50. The van der Waals surface area contributed by atoms with Crippen molar-refractivity contribution in [2.75, 3.05) is 10.6 Å². The summed E-state index contributed by atoms with van der Waals surface area (Å²) in [6, 6.07) is 28.8. The van der Waals surface area contributed by atoms with E-state index >= 15 is 0 Å². The van der Waals surface area contributed by atoms with Crippen LogP contribution in [0.3, 0.4) is 0 Å². The van der Waals surface area contributed by atoms with Crippen LogP contribution in [0.1, 0.15) is 16.2 Å². The number of para-hydroxylation sites is 2. The van der Waals surface area contributed by atoms with Gasteiger partial charge in [0.2, 0.25) is 0 Å². The van der Waals surface area contributed by atoms with Crippen LogP contribution >= 0.6 is 11.8 Å². The second kappa shape index (κ2) is 10.6. The van der Waals surface area contributed by atoms with Gasteiger partial charge in [-0.3, -0.25) is 4.79 Å². The van der Waals surface area contributed by atoms with Gasteiger partial charge < -0.3 is 10.6 Å². The van der Waals surface area contributed by atoms with Crippen molar-refractivity contribution in [3.63, 3.8) is 0 Å². The summed E-state index contributed by atoms with van der Waals surface area (Å²) in [5, 5.41) is 15.3. The molecular formula is C26H21N7OS. The van der Waals surface area contributed by atoms with Gasteiger partial charge in [0, 0.05) is 35.2 Å². The van der Waals surface area contributed by atoms with Gasteiger partial charge >= 0.3 is 0 Å². The minimum absolute atomic E-state index is 0.253. The van der Waals surface area contributed by atoms with Crippen molar-refractivity contribution < 1.29 is 4.79 Å². The number of nitrogens with zero attached hydrogens (tertiary/aromatic N) is 5. The molecule has 0 radical (unpaired) electrons. The molecule has 35 heavy (non-hydrogen) atoms. The van der Waals surface area contributed by atoms with Crippen LogP contribution in [0, 0.1) is 0 Å². The first-order valence-electron chi connectivity index (χ1n) is 10.9. The van der Waals surface area contributed by atoms with Gasteiger partial charge in [-0.1, -0.05) is 53.4 Å². The first-order chi connectivity index (χ1) is 17.3. The van der Waals surface area contributed by atoms with Gasteiger partial charge in [-0.2, -0.15) is 0 Å². The topological polar surface area (TPSA) is 97.6 Å². The van der Waals surface area contributed by atoms with Crippen LogP contribution in [0.4, 0.5) is 17.1 Å². The molecule has 2 N–H and O–H groups in total. The molecular weight excluding hydrogens is 458 g/mol. The van der Waals surface area contributed by atoms with E-state index in [0.717, 1.165) is 17.1 Å². The van der Waals surface area contributed by atoms with Crippen molar-refractivity contribution in [2.24, 2.45) is 0 Å². The van der Waals surface area contributed by atoms with Gasteiger partial charge in [-0.05, 0) is 54.6 Å². The van der Waals surface area contributed by atoms with Crippen molar-refractivity contribution in [1.29, 1.82) is 0 Å². The summed E-state index contributed by atoms with van der Waals surface area (Å²) in [6.45, 7) is 0. The molecule has 0 saturated heterocycles. The number of carbonyl (C=O) groups excluding carboxylic acids is 1. The molecule has 1 amide bonds. The minimum Gasteiger partial charge on any atom is -0.356 e. The minimum atomic E-state index is -0.333. The summed E-state index contributed by atoms with van der Waals surface area (Å²) in [4.78, 5) is 21.7. The molecule has 0 bridgehead atoms. The molecule has 5 aromatic rings. The third kappa shape index (κ3) is 5.53. The maximum atomic E-state index is 13.2. The number of aromatic nitrogens is 5. The lowest BCUT2D eigenvalue weighted by atomic mass is 10.2. The molecule has 5 rings (SSSR count). The number of anilines is 3. The zero-order valence-corrected chi connectivity index (χ0v) is 19.4. The Morgan fingerprint density at radius 1 is 0.771 bits per heavy atom. The van der Waals surface area contributed by atoms with Crippen LogP contribution in [-0.2, 0) is 5.75 Å². The van der Waals surface area contributed by atoms with Crippen LogP contribution in [0.2, 0.25) is 0 Å². The van der Waals surface area contributed by atoms with Crippen LogP contribution in [0.5, 0.6) is 0 Å². The van der Waals surface area contributed by atoms with Gasteiger partial charge in [-0.25, -0.2) is 14.6 Å². The van der Waals surface area contributed by atoms with E-state index in [-0.39, 0.29) is 11.6 Å². The first-order valence-corrected chi connectivity index (χ1v) is 11.9. The van der Waals surface area contributed by atoms with E-state index in [0.29, 0.717) is 22.3 Å². The fourth-order valence-corrected chi connectivity index (χ4v) is 4.19. The highest BCUT2D eigenvalue weighted by atomic mass is 32.2. The second-order valence-electron chi connectivity index (χ2n) is 7.47. The molecule has 0 aliphatic heterocycles. The summed E-state index contributed by atoms with van der Waals surface area (Å²) in [5.74, 6) is 0.0924. The summed E-state index contributed by atoms with van der Waals surface area (Å²) < 4.78 is 1.68. The second-order valence-corrected chi connectivity index (χ2v) is 8.42. The Balaban J connectivity index is 1.35. The van der Waals surface area contributed by atoms with Gasteiger partial charge in [-0.15, -0.1) is 5.10 Å². The van der Waals surface area contributed by atoms with Crippen molar-refractivity contribution >= 4 is 34.7 Å². The predicted octanol–water partition coefficient (Wildman–Crippen LogP) is 5.35. The number of benzene rings is 3. The smallest absolute Gasteiger partial charge is 0.278 e. The van der Waals surface area contributed by atoms with Gasteiger partial charge in [0.05, 0.1) is 11.4 Å². The molecule has 8 nitrogen and oxygen atoms in total. The van der Waals surface area contributed by atoms with Crippen molar-refractivity contribution in [1.82, 2.24) is 25.0 Å². The highest BCUT2D eigenvalue weighted by Crippen LogP contribution is 2.24. The largest absolute Gasteiger partial charge is 0.356 e. The maximum Gasteiger partial charge on any atom is 0.278 e. The van der Waals surface area contributed by atoms with E-state index in [1.807, 2.05) is 84.9 Å². The van der Waals surface area contributed by atoms with E-state index in [2.05, 4.69) is 30.9 Å². The molecule has 0 unspecified atom stereocenters. The number of nitrogens with one attached hydrogen (secondary N) is 2. The highest BCUT2D eigenvalue weighted by Gasteiger charge is 2.21. The van der Waals surface area contributed by atoms with E-state index in [1.54, 1.807) is 23.1 Å². The molecule has 0 fully saturated rings. The summed E-state index contributed by atoms with van der Waals surface area (Å²) >= 11 is 1.42. The van der Waals surface area contributed by atoms with E-state index in [1.165, 1.54) is 11.8 Å². The SMILES string of the molecule is O=C(Nc1ccc(Nc2ccccc2)cc1)c1nnn(-c2ccccc2)c1CSc1ncccn1. The first kappa shape index (κ1) is 22.3. The lowest BCUT2D eigenvalue weighted by molar-refractivity contribution is 0.102. The molecule has 9 heteroatoms. The third-order valence-electron chi connectivity index (χ3n) is 5.06. The van der Waals surface area contributed by atoms with Gasteiger partial charge in [0.25, 0.3) is 5.91 Å². The average molecular weight is 480 g/mol. The van der Waals surface area contributed by atoms with Crippen molar-refractivity contribution in [3.05, 3.63) is 115 Å². The average Bonchev–Trinajstić information content (AvgIpc) is 3.34. The molecule has 0 spiro atoms. The molecule has 0 saturated carbocycles. The number of carbonyl (C=O) groups is 1.